The normalized spacial score (nSPS) is 14.5. The van der Waals surface area contributed by atoms with Crippen molar-refractivity contribution in [1.29, 1.82) is 0 Å². The zero-order valence-corrected chi connectivity index (χ0v) is 14.0. The van der Waals surface area contributed by atoms with Crippen molar-refractivity contribution in [3.05, 3.63) is 35.3 Å². The van der Waals surface area contributed by atoms with E-state index >= 15 is 0 Å². The van der Waals surface area contributed by atoms with E-state index in [-0.39, 0.29) is 0 Å². The fraction of sp³-hybridized carbons (Fsp3) is 0.471. The quantitative estimate of drug-likeness (QED) is 0.765. The molecule has 2 heterocycles. The van der Waals surface area contributed by atoms with E-state index in [0.717, 1.165) is 36.0 Å². The van der Waals surface area contributed by atoms with E-state index in [1.807, 2.05) is 0 Å². The number of aromatic nitrogens is 1. The van der Waals surface area contributed by atoms with Crippen molar-refractivity contribution < 1.29 is 0 Å². The summed E-state index contributed by atoms with van der Waals surface area (Å²) in [6, 6.07) is 8.70. The Morgan fingerprint density at radius 1 is 1.18 bits per heavy atom. The van der Waals surface area contributed by atoms with Crippen LogP contribution in [0.2, 0.25) is 0 Å². The van der Waals surface area contributed by atoms with Crippen LogP contribution in [0, 0.1) is 0 Å². The molecule has 4 nitrogen and oxygen atoms in total. The van der Waals surface area contributed by atoms with Gasteiger partial charge in [0.15, 0.2) is 5.13 Å². The van der Waals surface area contributed by atoms with Gasteiger partial charge < -0.3 is 15.5 Å². The van der Waals surface area contributed by atoms with Crippen LogP contribution in [0.25, 0.3) is 0 Å². The Kier molecular flexibility index (Phi) is 5.29. The molecule has 1 aromatic heterocycles. The standard InChI is InChI=1S/C17H24N4S/c1-2-18-10-9-15-13-22-17(20-15)19-14-5-7-16(8-6-14)21-11-3-4-12-21/h5-8,13,18H,2-4,9-12H2,1H3,(H,19,20). The Bertz CT molecular complexity index is 573. The Labute approximate surface area is 136 Å². The van der Waals surface area contributed by atoms with Gasteiger partial charge in [0, 0.05) is 42.8 Å². The van der Waals surface area contributed by atoms with Gasteiger partial charge in [-0.1, -0.05) is 6.92 Å². The maximum Gasteiger partial charge on any atom is 0.187 e. The van der Waals surface area contributed by atoms with Gasteiger partial charge in [-0.3, -0.25) is 0 Å². The number of hydrogen-bond acceptors (Lipinski definition) is 5. The molecule has 118 valence electrons. The van der Waals surface area contributed by atoms with Crippen LogP contribution in [0.5, 0.6) is 0 Å². The summed E-state index contributed by atoms with van der Waals surface area (Å²) in [5.41, 5.74) is 3.59. The van der Waals surface area contributed by atoms with Crippen molar-refractivity contribution in [3.63, 3.8) is 0 Å². The number of likely N-dealkylation sites (N-methyl/N-ethyl adjacent to an activating group) is 1. The van der Waals surface area contributed by atoms with Crippen molar-refractivity contribution in [3.8, 4) is 0 Å². The van der Waals surface area contributed by atoms with E-state index in [0.29, 0.717) is 0 Å². The molecule has 0 amide bonds. The smallest absolute Gasteiger partial charge is 0.187 e. The molecular formula is C17H24N4S. The zero-order chi connectivity index (χ0) is 15.2. The van der Waals surface area contributed by atoms with Crippen LogP contribution < -0.4 is 15.5 Å². The average molecular weight is 316 g/mol. The first-order valence-electron chi connectivity index (χ1n) is 8.12. The molecule has 0 atom stereocenters. The third-order valence-corrected chi connectivity index (χ3v) is 4.76. The minimum Gasteiger partial charge on any atom is -0.372 e. The fourth-order valence-electron chi connectivity index (χ4n) is 2.73. The van der Waals surface area contributed by atoms with Gasteiger partial charge in [0.05, 0.1) is 5.69 Å². The lowest BCUT2D eigenvalue weighted by atomic mass is 10.2. The molecule has 0 spiro atoms. The van der Waals surface area contributed by atoms with Crippen LogP contribution in [0.3, 0.4) is 0 Å². The van der Waals surface area contributed by atoms with Crippen LogP contribution in [0.15, 0.2) is 29.6 Å². The molecule has 0 bridgehead atoms. The van der Waals surface area contributed by atoms with E-state index in [4.69, 9.17) is 0 Å². The highest BCUT2D eigenvalue weighted by molar-refractivity contribution is 7.13. The summed E-state index contributed by atoms with van der Waals surface area (Å²) < 4.78 is 0. The van der Waals surface area contributed by atoms with Crippen molar-refractivity contribution in [2.24, 2.45) is 0 Å². The van der Waals surface area contributed by atoms with Crippen LogP contribution in [0.4, 0.5) is 16.5 Å². The second-order valence-electron chi connectivity index (χ2n) is 5.61. The highest BCUT2D eigenvalue weighted by Crippen LogP contribution is 2.25. The predicted octanol–water partition coefficient (Wildman–Crippen LogP) is 3.64. The summed E-state index contributed by atoms with van der Waals surface area (Å²) in [5, 5.41) is 9.84. The van der Waals surface area contributed by atoms with Gasteiger partial charge in [-0.2, -0.15) is 0 Å². The molecule has 1 aliphatic rings. The SMILES string of the molecule is CCNCCc1csc(Nc2ccc(N3CCCC3)cc2)n1. The molecular weight excluding hydrogens is 292 g/mol. The Morgan fingerprint density at radius 2 is 1.95 bits per heavy atom. The maximum atomic E-state index is 4.63. The molecule has 22 heavy (non-hydrogen) atoms. The van der Waals surface area contributed by atoms with Crippen molar-refractivity contribution in [2.75, 3.05) is 36.4 Å². The van der Waals surface area contributed by atoms with E-state index in [1.165, 1.54) is 31.6 Å². The van der Waals surface area contributed by atoms with Crippen LogP contribution in [-0.2, 0) is 6.42 Å². The highest BCUT2D eigenvalue weighted by Gasteiger charge is 2.11. The molecule has 1 fully saturated rings. The summed E-state index contributed by atoms with van der Waals surface area (Å²) >= 11 is 1.67. The molecule has 0 aliphatic carbocycles. The number of hydrogen-bond donors (Lipinski definition) is 2. The van der Waals surface area contributed by atoms with Gasteiger partial charge in [0.2, 0.25) is 0 Å². The number of anilines is 3. The maximum absolute atomic E-state index is 4.63. The lowest BCUT2D eigenvalue weighted by molar-refractivity contribution is 0.710. The van der Waals surface area contributed by atoms with E-state index in [2.05, 4.69) is 57.1 Å². The van der Waals surface area contributed by atoms with Crippen molar-refractivity contribution >= 4 is 27.8 Å². The van der Waals surface area contributed by atoms with Gasteiger partial charge in [-0.05, 0) is 43.7 Å². The number of nitrogens with zero attached hydrogens (tertiary/aromatic N) is 2. The lowest BCUT2D eigenvalue weighted by Gasteiger charge is -2.17. The molecule has 0 radical (unpaired) electrons. The van der Waals surface area contributed by atoms with Crippen LogP contribution in [-0.4, -0.2) is 31.2 Å². The molecule has 3 rings (SSSR count). The second kappa shape index (κ2) is 7.61. The fourth-order valence-corrected chi connectivity index (χ4v) is 3.49. The molecule has 0 unspecified atom stereocenters. The van der Waals surface area contributed by atoms with Gasteiger partial charge in [0.25, 0.3) is 0 Å². The van der Waals surface area contributed by atoms with Crippen LogP contribution in [0.1, 0.15) is 25.5 Å². The lowest BCUT2D eigenvalue weighted by Crippen LogP contribution is -2.17. The van der Waals surface area contributed by atoms with E-state index in [9.17, 15) is 0 Å². The minimum absolute atomic E-state index is 0.973. The van der Waals surface area contributed by atoms with Gasteiger partial charge in [0.1, 0.15) is 0 Å². The average Bonchev–Trinajstić information content (AvgIpc) is 3.20. The largest absolute Gasteiger partial charge is 0.372 e. The predicted molar refractivity (Wildman–Crippen MR) is 95.5 cm³/mol. The first-order chi connectivity index (χ1) is 10.8. The second-order valence-corrected chi connectivity index (χ2v) is 6.47. The number of nitrogens with one attached hydrogen (secondary N) is 2. The summed E-state index contributed by atoms with van der Waals surface area (Å²) in [4.78, 5) is 7.08. The Hall–Kier alpha value is -1.59. The summed E-state index contributed by atoms with van der Waals surface area (Å²) in [6.45, 7) is 6.51. The number of thiazole rings is 1. The topological polar surface area (TPSA) is 40.2 Å². The molecule has 2 aromatic rings. The van der Waals surface area contributed by atoms with Crippen molar-refractivity contribution in [1.82, 2.24) is 10.3 Å². The molecule has 1 saturated heterocycles. The molecule has 2 N–H and O–H groups in total. The first kappa shape index (κ1) is 15.3. The van der Waals surface area contributed by atoms with Gasteiger partial charge in [-0.15, -0.1) is 11.3 Å². The van der Waals surface area contributed by atoms with Gasteiger partial charge >= 0.3 is 0 Å². The third-order valence-electron chi connectivity index (χ3n) is 3.95. The van der Waals surface area contributed by atoms with Crippen molar-refractivity contribution in [2.45, 2.75) is 26.2 Å². The molecule has 1 aliphatic heterocycles. The molecule has 0 saturated carbocycles. The minimum atomic E-state index is 0.973. The number of benzene rings is 1. The number of rotatable bonds is 7. The first-order valence-corrected chi connectivity index (χ1v) is 9.00. The Morgan fingerprint density at radius 3 is 2.68 bits per heavy atom. The third kappa shape index (κ3) is 3.99. The van der Waals surface area contributed by atoms with Gasteiger partial charge in [-0.25, -0.2) is 4.98 Å². The Balaban J connectivity index is 1.56. The van der Waals surface area contributed by atoms with E-state index in [1.54, 1.807) is 11.3 Å². The summed E-state index contributed by atoms with van der Waals surface area (Å²) in [5.74, 6) is 0. The molecule has 1 aromatic carbocycles. The zero-order valence-electron chi connectivity index (χ0n) is 13.1. The van der Waals surface area contributed by atoms with Crippen LogP contribution >= 0.6 is 11.3 Å². The monoisotopic (exact) mass is 316 g/mol. The summed E-state index contributed by atoms with van der Waals surface area (Å²) in [6.07, 6.45) is 3.61. The molecule has 5 heteroatoms. The summed E-state index contributed by atoms with van der Waals surface area (Å²) in [7, 11) is 0. The highest BCUT2D eigenvalue weighted by atomic mass is 32.1. The van der Waals surface area contributed by atoms with E-state index < -0.39 is 0 Å².